The fourth-order valence-electron chi connectivity index (χ4n) is 3.31. The molecule has 0 aromatic heterocycles. The van der Waals surface area contributed by atoms with Crippen molar-refractivity contribution < 1.29 is 0 Å². The van der Waals surface area contributed by atoms with Crippen LogP contribution in [-0.2, 0) is 0 Å². The van der Waals surface area contributed by atoms with Crippen molar-refractivity contribution >= 4 is 0 Å². The Morgan fingerprint density at radius 1 is 1.29 bits per heavy atom. The lowest BCUT2D eigenvalue weighted by Crippen LogP contribution is -2.40. The van der Waals surface area contributed by atoms with Crippen LogP contribution >= 0.6 is 0 Å². The van der Waals surface area contributed by atoms with Crippen LogP contribution in [0.4, 0.5) is 0 Å². The van der Waals surface area contributed by atoms with Gasteiger partial charge in [0.2, 0.25) is 0 Å². The van der Waals surface area contributed by atoms with Gasteiger partial charge in [-0.15, -0.1) is 0 Å². The van der Waals surface area contributed by atoms with Crippen LogP contribution in [0, 0.1) is 11.8 Å². The highest BCUT2D eigenvalue weighted by molar-refractivity contribution is 4.96. The largest absolute Gasteiger partial charge is 0.312 e. The van der Waals surface area contributed by atoms with Crippen molar-refractivity contribution in [2.24, 2.45) is 11.8 Å². The Hall–Kier alpha value is -0.0800. The van der Waals surface area contributed by atoms with E-state index >= 15 is 0 Å². The smallest absolute Gasteiger partial charge is 0.0250 e. The summed E-state index contributed by atoms with van der Waals surface area (Å²) in [7, 11) is 0. The Labute approximate surface area is 87.0 Å². The Balaban J connectivity index is 1.48. The molecule has 3 fully saturated rings. The van der Waals surface area contributed by atoms with Gasteiger partial charge in [0.25, 0.3) is 0 Å². The van der Waals surface area contributed by atoms with E-state index in [4.69, 9.17) is 0 Å². The highest BCUT2D eigenvalue weighted by Gasteiger charge is 2.38. The average Bonchev–Trinajstić information content (AvgIpc) is 2.65. The quantitative estimate of drug-likeness (QED) is 0.732. The van der Waals surface area contributed by atoms with Crippen molar-refractivity contribution in [2.45, 2.75) is 44.7 Å². The van der Waals surface area contributed by atoms with Gasteiger partial charge in [-0.1, -0.05) is 6.92 Å². The van der Waals surface area contributed by atoms with Crippen LogP contribution in [-0.4, -0.2) is 36.6 Å². The molecular formula is C12H22N2. The number of hydrogen-bond donors (Lipinski definition) is 1. The van der Waals surface area contributed by atoms with Gasteiger partial charge in [0.1, 0.15) is 0 Å². The van der Waals surface area contributed by atoms with E-state index in [1.54, 1.807) is 0 Å². The van der Waals surface area contributed by atoms with Gasteiger partial charge in [-0.2, -0.15) is 0 Å². The van der Waals surface area contributed by atoms with Crippen molar-refractivity contribution in [3.05, 3.63) is 0 Å². The Morgan fingerprint density at radius 2 is 2.14 bits per heavy atom. The van der Waals surface area contributed by atoms with E-state index in [2.05, 4.69) is 17.1 Å². The zero-order valence-electron chi connectivity index (χ0n) is 9.21. The highest BCUT2D eigenvalue weighted by atomic mass is 15.2. The molecule has 4 atom stereocenters. The summed E-state index contributed by atoms with van der Waals surface area (Å²) in [5.74, 6) is 2.01. The summed E-state index contributed by atoms with van der Waals surface area (Å²) in [5, 5.41) is 3.80. The summed E-state index contributed by atoms with van der Waals surface area (Å²) in [5.41, 5.74) is 0. The van der Waals surface area contributed by atoms with E-state index in [9.17, 15) is 0 Å². The Kier molecular flexibility index (Phi) is 2.29. The maximum Gasteiger partial charge on any atom is 0.0250 e. The molecule has 2 aliphatic heterocycles. The maximum absolute atomic E-state index is 3.80. The normalized spacial score (nSPS) is 46.9. The third kappa shape index (κ3) is 1.59. The Morgan fingerprint density at radius 3 is 2.93 bits per heavy atom. The molecule has 3 rings (SSSR count). The molecule has 2 heterocycles. The van der Waals surface area contributed by atoms with Crippen molar-refractivity contribution in [2.75, 3.05) is 19.6 Å². The van der Waals surface area contributed by atoms with Gasteiger partial charge in [0, 0.05) is 18.6 Å². The van der Waals surface area contributed by atoms with Gasteiger partial charge in [0.15, 0.2) is 0 Å². The lowest BCUT2D eigenvalue weighted by molar-refractivity contribution is 0.297. The van der Waals surface area contributed by atoms with Gasteiger partial charge in [-0.05, 0) is 50.6 Å². The number of rotatable bonds is 3. The minimum Gasteiger partial charge on any atom is -0.312 e. The zero-order chi connectivity index (χ0) is 9.54. The molecule has 2 saturated heterocycles. The van der Waals surface area contributed by atoms with E-state index in [0.29, 0.717) is 0 Å². The van der Waals surface area contributed by atoms with E-state index < -0.39 is 0 Å². The SMILES string of the molecule is CC1CC1CNC1CCN2CCCC12. The van der Waals surface area contributed by atoms with Gasteiger partial charge in [-0.25, -0.2) is 0 Å². The van der Waals surface area contributed by atoms with E-state index in [1.807, 2.05) is 0 Å². The van der Waals surface area contributed by atoms with Gasteiger partial charge < -0.3 is 5.32 Å². The van der Waals surface area contributed by atoms with Crippen molar-refractivity contribution in [1.82, 2.24) is 10.2 Å². The molecule has 3 aliphatic rings. The van der Waals surface area contributed by atoms with Crippen LogP contribution in [0.3, 0.4) is 0 Å². The minimum absolute atomic E-state index is 0.824. The second-order valence-electron chi connectivity index (χ2n) is 5.52. The van der Waals surface area contributed by atoms with Crippen LogP contribution in [0.15, 0.2) is 0 Å². The lowest BCUT2D eigenvalue weighted by atomic mass is 10.1. The fraction of sp³-hybridized carbons (Fsp3) is 1.00. The molecule has 0 radical (unpaired) electrons. The molecular weight excluding hydrogens is 172 g/mol. The third-order valence-corrected chi connectivity index (χ3v) is 4.52. The first-order valence-electron chi connectivity index (χ1n) is 6.32. The van der Waals surface area contributed by atoms with E-state index in [0.717, 1.165) is 23.9 Å². The first kappa shape index (κ1) is 9.17. The van der Waals surface area contributed by atoms with Gasteiger partial charge in [-0.3, -0.25) is 4.90 Å². The van der Waals surface area contributed by atoms with E-state index in [1.165, 1.54) is 45.3 Å². The standard InChI is InChI=1S/C12H22N2/c1-9-7-10(9)8-13-11-4-6-14-5-2-3-12(11)14/h9-13H,2-8H2,1H3. The third-order valence-electron chi connectivity index (χ3n) is 4.52. The molecule has 1 saturated carbocycles. The van der Waals surface area contributed by atoms with Crippen LogP contribution in [0.2, 0.25) is 0 Å². The Bertz CT molecular complexity index is 216. The van der Waals surface area contributed by atoms with E-state index in [-0.39, 0.29) is 0 Å². The topological polar surface area (TPSA) is 15.3 Å². The molecule has 2 heteroatoms. The number of hydrogen-bond acceptors (Lipinski definition) is 2. The van der Waals surface area contributed by atoms with Crippen LogP contribution in [0.25, 0.3) is 0 Å². The molecule has 0 spiro atoms. The summed E-state index contributed by atoms with van der Waals surface area (Å²) in [6.45, 7) is 6.38. The highest BCUT2D eigenvalue weighted by Crippen LogP contribution is 2.37. The monoisotopic (exact) mass is 194 g/mol. The molecule has 14 heavy (non-hydrogen) atoms. The number of nitrogens with zero attached hydrogens (tertiary/aromatic N) is 1. The van der Waals surface area contributed by atoms with Crippen molar-refractivity contribution in [3.63, 3.8) is 0 Å². The van der Waals surface area contributed by atoms with Crippen molar-refractivity contribution in [3.8, 4) is 0 Å². The first-order chi connectivity index (χ1) is 6.84. The van der Waals surface area contributed by atoms with Gasteiger partial charge in [0.05, 0.1) is 0 Å². The van der Waals surface area contributed by atoms with Gasteiger partial charge >= 0.3 is 0 Å². The molecule has 1 aliphatic carbocycles. The summed E-state index contributed by atoms with van der Waals surface area (Å²) in [4.78, 5) is 2.69. The summed E-state index contributed by atoms with van der Waals surface area (Å²) in [6.07, 6.45) is 5.74. The minimum atomic E-state index is 0.824. The van der Waals surface area contributed by atoms with Crippen LogP contribution in [0.1, 0.15) is 32.6 Å². The summed E-state index contributed by atoms with van der Waals surface area (Å²) >= 11 is 0. The molecule has 0 amide bonds. The molecule has 4 unspecified atom stereocenters. The predicted molar refractivity (Wildman–Crippen MR) is 58.3 cm³/mol. The number of nitrogens with one attached hydrogen (secondary N) is 1. The second-order valence-corrected chi connectivity index (χ2v) is 5.52. The maximum atomic E-state index is 3.80. The molecule has 1 N–H and O–H groups in total. The molecule has 0 aromatic carbocycles. The summed E-state index contributed by atoms with van der Waals surface area (Å²) in [6, 6.07) is 1.72. The summed E-state index contributed by atoms with van der Waals surface area (Å²) < 4.78 is 0. The van der Waals surface area contributed by atoms with Crippen LogP contribution in [0.5, 0.6) is 0 Å². The first-order valence-corrected chi connectivity index (χ1v) is 6.32. The molecule has 80 valence electrons. The predicted octanol–water partition coefficient (Wildman–Crippen LogP) is 1.47. The molecule has 2 nitrogen and oxygen atoms in total. The average molecular weight is 194 g/mol. The van der Waals surface area contributed by atoms with Crippen LogP contribution < -0.4 is 5.32 Å². The zero-order valence-corrected chi connectivity index (χ0v) is 9.21. The molecule has 0 bridgehead atoms. The lowest BCUT2D eigenvalue weighted by Gasteiger charge is -2.21. The second kappa shape index (κ2) is 3.49. The molecule has 0 aromatic rings. The van der Waals surface area contributed by atoms with Crippen molar-refractivity contribution in [1.29, 1.82) is 0 Å². The fourth-order valence-corrected chi connectivity index (χ4v) is 3.31. The number of fused-ring (bicyclic) bond motifs is 1.